The number of ketones is 3. The van der Waals surface area contributed by atoms with Crippen LogP contribution in [0.4, 0.5) is 0 Å². The molecule has 0 radical (unpaired) electrons. The molecule has 0 bridgehead atoms. The quantitative estimate of drug-likeness (QED) is 0.0498. The smallest absolute Gasteiger partial charge is 0.245 e. The van der Waals surface area contributed by atoms with Gasteiger partial charge >= 0.3 is 0 Å². The molecule has 2 amide bonds. The predicted octanol–water partition coefficient (Wildman–Crippen LogP) is 7.26. The van der Waals surface area contributed by atoms with Gasteiger partial charge in [0.25, 0.3) is 0 Å². The van der Waals surface area contributed by atoms with Gasteiger partial charge in [0, 0.05) is 68.5 Å². The van der Waals surface area contributed by atoms with Crippen molar-refractivity contribution in [1.82, 2.24) is 15.3 Å². The number of hydrogen-bond donors (Lipinski definition) is 4. The Bertz CT molecular complexity index is 1170. The van der Waals surface area contributed by atoms with Crippen LogP contribution in [0, 0.1) is 11.3 Å². The Hall–Kier alpha value is -2.96. The molecule has 2 atom stereocenters. The van der Waals surface area contributed by atoms with E-state index in [0.717, 1.165) is 18.5 Å². The van der Waals surface area contributed by atoms with Crippen molar-refractivity contribution in [3.8, 4) is 0 Å². The number of unbranched alkanes of at least 4 members (excludes halogenated alkanes) is 15. The Morgan fingerprint density at radius 3 is 1.95 bits per heavy atom. The maximum absolute atomic E-state index is 13.1. The lowest BCUT2D eigenvalue weighted by Gasteiger charge is -2.25. The van der Waals surface area contributed by atoms with E-state index in [0.29, 0.717) is 70.5 Å². The van der Waals surface area contributed by atoms with Crippen molar-refractivity contribution in [3.05, 3.63) is 18.2 Å². The summed E-state index contributed by atoms with van der Waals surface area (Å²) in [5.41, 5.74) is 11.4. The summed E-state index contributed by atoms with van der Waals surface area (Å²) in [6, 6.07) is -0.764. The van der Waals surface area contributed by atoms with Crippen molar-refractivity contribution < 1.29 is 33.4 Å². The molecular weight excluding hydrogens is 699 g/mol. The number of ether oxygens (including phenoxy) is 2. The fourth-order valence-electron chi connectivity index (χ4n) is 6.63. The lowest BCUT2D eigenvalue weighted by Crippen LogP contribution is -2.39. The van der Waals surface area contributed by atoms with Crippen LogP contribution < -0.4 is 16.8 Å². The standard InChI is InChI=1S/C43H77N5O7/c1-4-5-6-7-8-9-10-11-12-13-14-15-16-17-18-23-37(49)24-21-26-54-27-28-55-33-41(52)47-25-20-19-22-35(42(45)53)29-40(51)43(2,3)31-39(50)38(44)30-36-32-46-34-48-36/h32,34-35,38H,4-31,33,44H2,1-3H3,(H2,45,53)(H,46,48)(H,47,52)/t35-,38+/m1/s1. The fraction of sp³-hybridized carbons (Fsp3) is 0.814. The van der Waals surface area contributed by atoms with E-state index in [-0.39, 0.29) is 43.5 Å². The number of primary amides is 1. The van der Waals surface area contributed by atoms with Crippen molar-refractivity contribution in [2.75, 3.05) is 33.0 Å². The summed E-state index contributed by atoms with van der Waals surface area (Å²) >= 11 is 0. The molecule has 0 aliphatic rings. The van der Waals surface area contributed by atoms with Crippen LogP contribution in [0.1, 0.15) is 174 Å². The van der Waals surface area contributed by atoms with Crippen molar-refractivity contribution in [1.29, 1.82) is 0 Å². The van der Waals surface area contributed by atoms with Crippen LogP contribution in [0.15, 0.2) is 12.5 Å². The highest BCUT2D eigenvalue weighted by Crippen LogP contribution is 2.28. The van der Waals surface area contributed by atoms with Gasteiger partial charge in [-0.15, -0.1) is 0 Å². The van der Waals surface area contributed by atoms with Gasteiger partial charge in [-0.3, -0.25) is 24.0 Å². The maximum Gasteiger partial charge on any atom is 0.245 e. The Morgan fingerprint density at radius 2 is 1.36 bits per heavy atom. The Balaban J connectivity index is 1.99. The van der Waals surface area contributed by atoms with E-state index in [1.807, 2.05) is 0 Å². The minimum atomic E-state index is -0.987. The molecule has 12 nitrogen and oxygen atoms in total. The number of nitrogens with two attached hydrogens (primary N) is 2. The van der Waals surface area contributed by atoms with Crippen LogP contribution in [0.5, 0.6) is 0 Å². The zero-order valence-electron chi connectivity index (χ0n) is 34.8. The average molecular weight is 776 g/mol. The highest BCUT2D eigenvalue weighted by Gasteiger charge is 2.34. The normalized spacial score (nSPS) is 12.7. The number of H-pyrrole nitrogens is 1. The number of carbonyl (C=O) groups excluding carboxylic acids is 5. The lowest BCUT2D eigenvalue weighted by atomic mass is 9.77. The lowest BCUT2D eigenvalue weighted by molar-refractivity contribution is -0.135. The molecule has 0 saturated heterocycles. The fourth-order valence-corrected chi connectivity index (χ4v) is 6.63. The molecule has 1 rings (SSSR count). The number of aromatic nitrogens is 2. The molecule has 55 heavy (non-hydrogen) atoms. The molecule has 0 aliphatic carbocycles. The number of Topliss-reactive ketones (excluding diaryl/α,β-unsaturated/α-hetero) is 3. The van der Waals surface area contributed by atoms with Gasteiger partial charge in [0.05, 0.1) is 25.6 Å². The summed E-state index contributed by atoms with van der Waals surface area (Å²) < 4.78 is 10.9. The van der Waals surface area contributed by atoms with Crippen LogP contribution in [-0.2, 0) is 39.9 Å². The Kier molecular flexibility index (Phi) is 29.3. The monoisotopic (exact) mass is 776 g/mol. The average Bonchev–Trinajstić information content (AvgIpc) is 3.66. The van der Waals surface area contributed by atoms with Crippen LogP contribution in [0.2, 0.25) is 0 Å². The van der Waals surface area contributed by atoms with Crippen molar-refractivity contribution in [3.63, 3.8) is 0 Å². The number of amides is 2. The van der Waals surface area contributed by atoms with E-state index >= 15 is 0 Å². The Labute approximate surface area is 332 Å². The van der Waals surface area contributed by atoms with Gasteiger partial charge < -0.3 is 31.2 Å². The summed E-state index contributed by atoms with van der Waals surface area (Å²) in [5.74, 6) is -1.61. The summed E-state index contributed by atoms with van der Waals surface area (Å²) in [6.45, 7) is 7.09. The van der Waals surface area contributed by atoms with Gasteiger partial charge in [0.1, 0.15) is 18.2 Å². The third kappa shape index (κ3) is 27.3. The summed E-state index contributed by atoms with van der Waals surface area (Å²) in [6.07, 6.45) is 26.6. The minimum absolute atomic E-state index is 0.0342. The zero-order valence-corrected chi connectivity index (χ0v) is 34.8. The largest absolute Gasteiger partial charge is 0.379 e. The molecule has 1 aromatic heterocycles. The van der Waals surface area contributed by atoms with Crippen LogP contribution >= 0.6 is 0 Å². The minimum Gasteiger partial charge on any atom is -0.379 e. The van der Waals surface area contributed by atoms with Gasteiger partial charge in [-0.05, 0) is 25.7 Å². The molecule has 1 aromatic rings. The highest BCUT2D eigenvalue weighted by atomic mass is 16.5. The zero-order chi connectivity index (χ0) is 40.6. The van der Waals surface area contributed by atoms with Crippen LogP contribution in [-0.4, -0.2) is 78.1 Å². The summed E-state index contributed by atoms with van der Waals surface area (Å²) in [7, 11) is 0. The molecule has 0 saturated carbocycles. The van der Waals surface area contributed by atoms with Crippen molar-refractivity contribution >= 4 is 29.2 Å². The number of carbonyl (C=O) groups is 5. The molecule has 316 valence electrons. The van der Waals surface area contributed by atoms with E-state index in [9.17, 15) is 24.0 Å². The number of rotatable bonds is 39. The first-order valence-corrected chi connectivity index (χ1v) is 21.5. The molecule has 12 heteroatoms. The SMILES string of the molecule is CCCCCCCCCCCCCCCCCC(=O)CCCOCCOCC(=O)NCCCC[C@H](CC(=O)C(C)(C)CC(=O)[C@@H](N)Cc1cnc[nH]1)C(N)=O. The topological polar surface area (TPSA) is 197 Å². The van der Waals surface area contributed by atoms with E-state index < -0.39 is 23.3 Å². The second-order valence-corrected chi connectivity index (χ2v) is 16.0. The van der Waals surface area contributed by atoms with Crippen LogP contribution in [0.3, 0.4) is 0 Å². The van der Waals surface area contributed by atoms with E-state index in [1.54, 1.807) is 20.0 Å². The second-order valence-electron chi connectivity index (χ2n) is 16.0. The number of imidazole rings is 1. The first kappa shape index (κ1) is 50.1. The summed E-state index contributed by atoms with van der Waals surface area (Å²) in [4.78, 5) is 69.0. The molecular formula is C43H77N5O7. The van der Waals surface area contributed by atoms with E-state index in [4.69, 9.17) is 20.9 Å². The first-order chi connectivity index (χ1) is 26.5. The molecule has 0 aliphatic heterocycles. The first-order valence-electron chi connectivity index (χ1n) is 21.5. The van der Waals surface area contributed by atoms with E-state index in [2.05, 4.69) is 22.2 Å². The molecule has 0 spiro atoms. The highest BCUT2D eigenvalue weighted by molar-refractivity contribution is 5.94. The molecule has 6 N–H and O–H groups in total. The number of nitrogens with one attached hydrogen (secondary N) is 2. The Morgan fingerprint density at radius 1 is 0.782 bits per heavy atom. The molecule has 1 heterocycles. The number of hydrogen-bond acceptors (Lipinski definition) is 9. The van der Waals surface area contributed by atoms with E-state index in [1.165, 1.54) is 89.8 Å². The van der Waals surface area contributed by atoms with Gasteiger partial charge in [-0.2, -0.15) is 0 Å². The molecule has 0 aromatic carbocycles. The summed E-state index contributed by atoms with van der Waals surface area (Å²) in [5, 5.41) is 2.79. The van der Waals surface area contributed by atoms with Crippen molar-refractivity contribution in [2.45, 2.75) is 181 Å². The molecule has 0 fully saturated rings. The van der Waals surface area contributed by atoms with Gasteiger partial charge in [-0.25, -0.2) is 4.98 Å². The third-order valence-electron chi connectivity index (χ3n) is 10.3. The van der Waals surface area contributed by atoms with Gasteiger partial charge in [0.15, 0.2) is 5.78 Å². The van der Waals surface area contributed by atoms with Crippen molar-refractivity contribution in [2.24, 2.45) is 22.8 Å². The number of nitrogens with zero attached hydrogens (tertiary/aromatic N) is 1. The van der Waals surface area contributed by atoms with Gasteiger partial charge in [0.2, 0.25) is 11.8 Å². The second kappa shape index (κ2) is 32.2. The third-order valence-corrected chi connectivity index (χ3v) is 10.3. The van der Waals surface area contributed by atoms with Crippen LogP contribution in [0.25, 0.3) is 0 Å². The predicted molar refractivity (Wildman–Crippen MR) is 218 cm³/mol. The maximum atomic E-state index is 13.1. The number of aromatic amines is 1. The molecule has 0 unspecified atom stereocenters. The van der Waals surface area contributed by atoms with Gasteiger partial charge in [-0.1, -0.05) is 117 Å².